The standard InChI is InChI=1S/C20H25N3O4S/c1-20(2,3)13-6-7-15-12(9-13)10-16(28-15)17(24)22-23-19(26)18(25)21-11-14-5-4-8-27-14/h4-5,8,10,13H,6-7,9,11H2,1-3H3,(H,21,25)(H,22,24)(H,23,26)/t13-/m0/s1. The molecule has 0 aliphatic heterocycles. The van der Waals surface area contributed by atoms with E-state index in [0.717, 1.165) is 19.3 Å². The molecule has 28 heavy (non-hydrogen) atoms. The lowest BCUT2D eigenvalue weighted by molar-refractivity contribution is -0.139. The van der Waals surface area contributed by atoms with E-state index in [0.29, 0.717) is 16.6 Å². The topological polar surface area (TPSA) is 100 Å². The zero-order valence-corrected chi connectivity index (χ0v) is 17.1. The number of amides is 3. The van der Waals surface area contributed by atoms with E-state index in [1.54, 1.807) is 12.1 Å². The van der Waals surface area contributed by atoms with Gasteiger partial charge in [0.05, 0.1) is 17.7 Å². The van der Waals surface area contributed by atoms with Gasteiger partial charge in [-0.05, 0) is 54.4 Å². The molecular formula is C20H25N3O4S. The maximum Gasteiger partial charge on any atom is 0.327 e. The van der Waals surface area contributed by atoms with Gasteiger partial charge in [0.15, 0.2) is 0 Å². The minimum Gasteiger partial charge on any atom is -0.467 e. The van der Waals surface area contributed by atoms with E-state index in [-0.39, 0.29) is 12.0 Å². The number of hydrogen-bond acceptors (Lipinski definition) is 5. The number of aryl methyl sites for hydroxylation is 1. The lowest BCUT2D eigenvalue weighted by Crippen LogP contribution is -2.48. The third-order valence-electron chi connectivity index (χ3n) is 5.03. The summed E-state index contributed by atoms with van der Waals surface area (Å²) in [5.74, 6) is -1.09. The Morgan fingerprint density at radius 2 is 2.00 bits per heavy atom. The summed E-state index contributed by atoms with van der Waals surface area (Å²) >= 11 is 1.45. The van der Waals surface area contributed by atoms with Crippen LogP contribution in [0.4, 0.5) is 0 Å². The van der Waals surface area contributed by atoms with Crippen LogP contribution in [0.15, 0.2) is 28.9 Å². The summed E-state index contributed by atoms with van der Waals surface area (Å²) in [4.78, 5) is 37.7. The van der Waals surface area contributed by atoms with Crippen LogP contribution in [0.5, 0.6) is 0 Å². The predicted molar refractivity (Wildman–Crippen MR) is 105 cm³/mol. The van der Waals surface area contributed by atoms with Crippen LogP contribution in [0.25, 0.3) is 0 Å². The number of carbonyl (C=O) groups is 3. The second-order valence-corrected chi connectivity index (χ2v) is 9.17. The molecule has 7 nitrogen and oxygen atoms in total. The number of hydrazine groups is 1. The van der Waals surface area contributed by atoms with E-state index in [2.05, 4.69) is 36.9 Å². The first kappa shape index (κ1) is 20.1. The smallest absolute Gasteiger partial charge is 0.327 e. The molecule has 2 aromatic rings. The Kier molecular flexibility index (Phi) is 5.88. The van der Waals surface area contributed by atoms with Gasteiger partial charge in [0.1, 0.15) is 5.76 Å². The highest BCUT2D eigenvalue weighted by Crippen LogP contribution is 2.40. The number of carbonyl (C=O) groups excluding carboxylic acids is 3. The molecule has 1 aliphatic carbocycles. The summed E-state index contributed by atoms with van der Waals surface area (Å²) in [5, 5.41) is 2.41. The maximum absolute atomic E-state index is 12.4. The quantitative estimate of drug-likeness (QED) is 0.542. The maximum atomic E-state index is 12.4. The molecule has 3 amide bonds. The average molecular weight is 404 g/mol. The van der Waals surface area contributed by atoms with Crippen LogP contribution in [-0.2, 0) is 29.0 Å². The molecule has 3 N–H and O–H groups in total. The van der Waals surface area contributed by atoms with Crippen molar-refractivity contribution in [3.05, 3.63) is 45.5 Å². The molecule has 0 spiro atoms. The number of rotatable bonds is 3. The van der Waals surface area contributed by atoms with Crippen molar-refractivity contribution in [2.45, 2.75) is 46.6 Å². The first-order valence-corrected chi connectivity index (χ1v) is 10.1. The molecule has 8 heteroatoms. The minimum atomic E-state index is -0.936. The minimum absolute atomic E-state index is 0.0970. The van der Waals surface area contributed by atoms with Crippen LogP contribution in [0.2, 0.25) is 0 Å². The van der Waals surface area contributed by atoms with Gasteiger partial charge in [-0.2, -0.15) is 0 Å². The second kappa shape index (κ2) is 8.18. The normalized spacial score (nSPS) is 16.2. The van der Waals surface area contributed by atoms with E-state index in [1.807, 2.05) is 6.07 Å². The zero-order chi connectivity index (χ0) is 20.3. The largest absolute Gasteiger partial charge is 0.467 e. The molecular weight excluding hydrogens is 378 g/mol. The van der Waals surface area contributed by atoms with Gasteiger partial charge in [-0.1, -0.05) is 20.8 Å². The zero-order valence-electron chi connectivity index (χ0n) is 16.3. The van der Waals surface area contributed by atoms with Gasteiger partial charge in [-0.15, -0.1) is 11.3 Å². The number of hydrogen-bond donors (Lipinski definition) is 3. The molecule has 2 aromatic heterocycles. The molecule has 0 saturated carbocycles. The lowest BCUT2D eigenvalue weighted by Gasteiger charge is -2.33. The molecule has 0 radical (unpaired) electrons. The van der Waals surface area contributed by atoms with Crippen molar-refractivity contribution >= 4 is 29.1 Å². The molecule has 0 aromatic carbocycles. The molecule has 1 aliphatic rings. The van der Waals surface area contributed by atoms with Crippen molar-refractivity contribution in [3.63, 3.8) is 0 Å². The second-order valence-electron chi connectivity index (χ2n) is 8.04. The Hall–Kier alpha value is -2.61. The van der Waals surface area contributed by atoms with Gasteiger partial charge < -0.3 is 9.73 Å². The summed E-state index contributed by atoms with van der Waals surface area (Å²) in [6.07, 6.45) is 4.53. The Bertz CT molecular complexity index is 865. The van der Waals surface area contributed by atoms with Gasteiger partial charge in [0.2, 0.25) is 0 Å². The highest BCUT2D eigenvalue weighted by atomic mass is 32.1. The monoisotopic (exact) mass is 403 g/mol. The van der Waals surface area contributed by atoms with Gasteiger partial charge in [-0.25, -0.2) is 0 Å². The third-order valence-corrected chi connectivity index (χ3v) is 6.27. The Labute approximate surface area is 167 Å². The number of fused-ring (bicyclic) bond motifs is 1. The van der Waals surface area contributed by atoms with E-state index in [1.165, 1.54) is 28.0 Å². The van der Waals surface area contributed by atoms with Gasteiger partial charge in [-0.3, -0.25) is 25.2 Å². The summed E-state index contributed by atoms with van der Waals surface area (Å²) in [5.41, 5.74) is 5.91. The highest BCUT2D eigenvalue weighted by molar-refractivity contribution is 7.14. The third kappa shape index (κ3) is 4.81. The predicted octanol–water partition coefficient (Wildman–Crippen LogP) is 2.57. The Morgan fingerprint density at radius 3 is 2.68 bits per heavy atom. The Morgan fingerprint density at radius 1 is 1.21 bits per heavy atom. The molecule has 1 atom stereocenters. The van der Waals surface area contributed by atoms with Crippen LogP contribution in [-0.4, -0.2) is 17.7 Å². The fraction of sp³-hybridized carbons (Fsp3) is 0.450. The highest BCUT2D eigenvalue weighted by Gasteiger charge is 2.30. The van der Waals surface area contributed by atoms with Crippen molar-refractivity contribution in [1.82, 2.24) is 16.2 Å². The molecule has 0 bridgehead atoms. The Balaban J connectivity index is 1.51. The average Bonchev–Trinajstić information content (AvgIpc) is 3.31. The SMILES string of the molecule is CC(C)(C)[C@H]1CCc2sc(C(=O)NNC(=O)C(=O)NCc3ccco3)cc2C1. The summed E-state index contributed by atoms with van der Waals surface area (Å²) in [6.45, 7) is 6.83. The molecule has 0 unspecified atom stereocenters. The first-order valence-electron chi connectivity index (χ1n) is 9.26. The van der Waals surface area contributed by atoms with Crippen LogP contribution in [0.1, 0.15) is 53.1 Å². The van der Waals surface area contributed by atoms with Crippen LogP contribution in [0, 0.1) is 11.3 Å². The van der Waals surface area contributed by atoms with E-state index in [9.17, 15) is 14.4 Å². The molecule has 0 saturated heterocycles. The fourth-order valence-electron chi connectivity index (χ4n) is 3.27. The summed E-state index contributed by atoms with van der Waals surface area (Å²) in [7, 11) is 0. The van der Waals surface area contributed by atoms with E-state index in [4.69, 9.17) is 4.42 Å². The molecule has 0 fully saturated rings. The van der Waals surface area contributed by atoms with Gasteiger partial charge in [0, 0.05) is 4.88 Å². The van der Waals surface area contributed by atoms with E-state index >= 15 is 0 Å². The summed E-state index contributed by atoms with van der Waals surface area (Å²) in [6, 6.07) is 5.27. The van der Waals surface area contributed by atoms with Crippen molar-refractivity contribution in [3.8, 4) is 0 Å². The van der Waals surface area contributed by atoms with Crippen molar-refractivity contribution in [2.24, 2.45) is 11.3 Å². The van der Waals surface area contributed by atoms with Gasteiger partial charge >= 0.3 is 11.8 Å². The van der Waals surface area contributed by atoms with Crippen molar-refractivity contribution < 1.29 is 18.8 Å². The lowest BCUT2D eigenvalue weighted by atomic mass is 9.72. The van der Waals surface area contributed by atoms with Crippen LogP contribution >= 0.6 is 11.3 Å². The summed E-state index contributed by atoms with van der Waals surface area (Å²) < 4.78 is 5.07. The van der Waals surface area contributed by atoms with E-state index < -0.39 is 17.7 Å². The number of nitrogens with one attached hydrogen (secondary N) is 3. The molecule has 150 valence electrons. The van der Waals surface area contributed by atoms with Crippen LogP contribution < -0.4 is 16.2 Å². The first-order chi connectivity index (χ1) is 13.2. The molecule has 2 heterocycles. The fourth-order valence-corrected chi connectivity index (χ4v) is 4.37. The van der Waals surface area contributed by atoms with Crippen molar-refractivity contribution in [1.29, 1.82) is 0 Å². The molecule has 3 rings (SSSR count). The van der Waals surface area contributed by atoms with Crippen LogP contribution in [0.3, 0.4) is 0 Å². The van der Waals surface area contributed by atoms with Crippen molar-refractivity contribution in [2.75, 3.05) is 0 Å². The number of furan rings is 1. The van der Waals surface area contributed by atoms with Gasteiger partial charge in [0.25, 0.3) is 5.91 Å². The number of thiophene rings is 1.